The highest BCUT2D eigenvalue weighted by molar-refractivity contribution is 6.01. The van der Waals surface area contributed by atoms with E-state index in [0.717, 1.165) is 0 Å². The Labute approximate surface area is 89.9 Å². The molecule has 0 unspecified atom stereocenters. The molecule has 0 saturated carbocycles. The molecule has 0 atom stereocenters. The molecule has 82 valence electrons. The molecule has 15 heavy (non-hydrogen) atoms. The minimum absolute atomic E-state index is 0.0319. The lowest BCUT2D eigenvalue weighted by Crippen LogP contribution is -2.39. The first-order valence-electron chi connectivity index (χ1n) is 4.89. The van der Waals surface area contributed by atoms with Crippen molar-refractivity contribution >= 4 is 11.6 Å². The molecule has 0 aromatic carbocycles. The molecular formula is C11H17N3O. The third-order valence-electron chi connectivity index (χ3n) is 1.92. The molecule has 0 radical (unpaired) electrons. The summed E-state index contributed by atoms with van der Waals surface area (Å²) >= 11 is 0. The number of nitrogens with zero attached hydrogens (tertiary/aromatic N) is 1. The summed E-state index contributed by atoms with van der Waals surface area (Å²) in [6, 6.07) is 3.40. The molecule has 0 aliphatic rings. The first kappa shape index (κ1) is 11.7. The molecule has 4 heteroatoms. The normalized spacial score (nSPS) is 11.4. The van der Waals surface area contributed by atoms with Gasteiger partial charge in [0.25, 0.3) is 0 Å². The average Bonchev–Trinajstić information content (AvgIpc) is 2.14. The van der Waals surface area contributed by atoms with Crippen molar-refractivity contribution in [3.05, 3.63) is 23.9 Å². The zero-order valence-corrected chi connectivity index (χ0v) is 9.37. The van der Waals surface area contributed by atoms with E-state index in [-0.39, 0.29) is 17.9 Å². The van der Waals surface area contributed by atoms with Crippen LogP contribution in [0.4, 0.5) is 5.82 Å². The highest BCUT2D eigenvalue weighted by Crippen LogP contribution is 2.08. The van der Waals surface area contributed by atoms with Crippen molar-refractivity contribution in [3.8, 4) is 0 Å². The van der Waals surface area contributed by atoms with Crippen molar-refractivity contribution in [2.75, 3.05) is 12.3 Å². The summed E-state index contributed by atoms with van der Waals surface area (Å²) in [6.45, 7) is 6.30. The summed E-state index contributed by atoms with van der Waals surface area (Å²) in [6.07, 6.45) is 1.57. The number of ketones is 1. The van der Waals surface area contributed by atoms with E-state index in [1.165, 1.54) is 0 Å². The van der Waals surface area contributed by atoms with E-state index >= 15 is 0 Å². The standard InChI is InChI=1S/C11H17N3O/c1-11(2,3)14-7-9(15)8-5-4-6-13-10(8)12/h4-6,14H,7H2,1-3H3,(H2,12,13). The molecule has 0 aliphatic carbocycles. The third-order valence-corrected chi connectivity index (χ3v) is 1.92. The van der Waals surface area contributed by atoms with Crippen LogP contribution in [0.15, 0.2) is 18.3 Å². The predicted octanol–water partition coefficient (Wildman–Crippen LogP) is 1.23. The minimum atomic E-state index is -0.0768. The zero-order valence-electron chi connectivity index (χ0n) is 9.37. The fourth-order valence-corrected chi connectivity index (χ4v) is 1.09. The lowest BCUT2D eigenvalue weighted by Gasteiger charge is -2.19. The zero-order chi connectivity index (χ0) is 11.5. The Kier molecular flexibility index (Phi) is 3.42. The summed E-state index contributed by atoms with van der Waals surface area (Å²) in [5.41, 5.74) is 6.01. The van der Waals surface area contributed by atoms with Crippen LogP contribution in [0.1, 0.15) is 31.1 Å². The van der Waals surface area contributed by atoms with E-state index in [2.05, 4.69) is 10.3 Å². The van der Waals surface area contributed by atoms with Crippen LogP contribution in [-0.4, -0.2) is 22.9 Å². The van der Waals surface area contributed by atoms with Crippen LogP contribution in [0.2, 0.25) is 0 Å². The number of carbonyl (C=O) groups is 1. The van der Waals surface area contributed by atoms with E-state index < -0.39 is 0 Å². The van der Waals surface area contributed by atoms with Gasteiger partial charge in [-0.2, -0.15) is 0 Å². The Morgan fingerprint density at radius 2 is 2.20 bits per heavy atom. The SMILES string of the molecule is CC(C)(C)NCC(=O)c1cccnc1N. The van der Waals surface area contributed by atoms with Crippen LogP contribution in [0.5, 0.6) is 0 Å². The van der Waals surface area contributed by atoms with Gasteiger partial charge in [0, 0.05) is 11.7 Å². The highest BCUT2D eigenvalue weighted by atomic mass is 16.1. The van der Waals surface area contributed by atoms with Gasteiger partial charge in [-0.15, -0.1) is 0 Å². The molecule has 0 fully saturated rings. The van der Waals surface area contributed by atoms with Gasteiger partial charge < -0.3 is 11.1 Å². The monoisotopic (exact) mass is 207 g/mol. The quantitative estimate of drug-likeness (QED) is 0.732. The van der Waals surface area contributed by atoms with Crippen molar-refractivity contribution in [2.24, 2.45) is 0 Å². The lowest BCUT2D eigenvalue weighted by molar-refractivity contribution is 0.0982. The number of hydrogen-bond donors (Lipinski definition) is 2. The number of nitrogen functional groups attached to an aromatic ring is 1. The molecule has 0 spiro atoms. The van der Waals surface area contributed by atoms with Gasteiger partial charge in [-0.3, -0.25) is 4.79 Å². The summed E-state index contributed by atoms with van der Waals surface area (Å²) in [4.78, 5) is 15.6. The van der Waals surface area contributed by atoms with E-state index in [9.17, 15) is 4.79 Å². The second-order valence-corrected chi connectivity index (χ2v) is 4.46. The summed E-state index contributed by atoms with van der Waals surface area (Å²) in [5, 5.41) is 3.11. The van der Waals surface area contributed by atoms with E-state index in [0.29, 0.717) is 11.4 Å². The predicted molar refractivity (Wildman–Crippen MR) is 60.7 cm³/mol. The maximum absolute atomic E-state index is 11.7. The maximum Gasteiger partial charge on any atom is 0.180 e. The van der Waals surface area contributed by atoms with Crippen LogP contribution < -0.4 is 11.1 Å². The number of pyridine rings is 1. The fourth-order valence-electron chi connectivity index (χ4n) is 1.09. The lowest BCUT2D eigenvalue weighted by atomic mass is 10.1. The van der Waals surface area contributed by atoms with E-state index in [1.807, 2.05) is 20.8 Å². The first-order valence-corrected chi connectivity index (χ1v) is 4.89. The highest BCUT2D eigenvalue weighted by Gasteiger charge is 2.14. The largest absolute Gasteiger partial charge is 0.383 e. The summed E-state index contributed by atoms with van der Waals surface area (Å²) < 4.78 is 0. The summed E-state index contributed by atoms with van der Waals surface area (Å²) in [5.74, 6) is 0.258. The molecule has 0 bridgehead atoms. The summed E-state index contributed by atoms with van der Waals surface area (Å²) in [7, 11) is 0. The number of aromatic nitrogens is 1. The number of carbonyl (C=O) groups excluding carboxylic acids is 1. The van der Waals surface area contributed by atoms with Crippen LogP contribution >= 0.6 is 0 Å². The molecule has 1 aromatic heterocycles. The van der Waals surface area contributed by atoms with E-state index in [4.69, 9.17) is 5.73 Å². The van der Waals surface area contributed by atoms with Crippen molar-refractivity contribution in [1.82, 2.24) is 10.3 Å². The molecular weight excluding hydrogens is 190 g/mol. The molecule has 0 amide bonds. The topological polar surface area (TPSA) is 68.0 Å². The maximum atomic E-state index is 11.7. The van der Waals surface area contributed by atoms with Crippen LogP contribution in [0.3, 0.4) is 0 Å². The van der Waals surface area contributed by atoms with Gasteiger partial charge in [-0.25, -0.2) is 4.98 Å². The molecule has 1 rings (SSSR count). The molecule has 3 N–H and O–H groups in total. The van der Waals surface area contributed by atoms with Gasteiger partial charge in [-0.1, -0.05) is 0 Å². The number of hydrogen-bond acceptors (Lipinski definition) is 4. The van der Waals surface area contributed by atoms with Gasteiger partial charge in [0.2, 0.25) is 0 Å². The first-order chi connectivity index (χ1) is 6.90. The average molecular weight is 207 g/mol. The van der Waals surface area contributed by atoms with Gasteiger partial charge in [0.1, 0.15) is 5.82 Å². The number of nitrogens with one attached hydrogen (secondary N) is 1. The Morgan fingerprint density at radius 1 is 1.53 bits per heavy atom. The second kappa shape index (κ2) is 4.40. The molecule has 4 nitrogen and oxygen atoms in total. The van der Waals surface area contributed by atoms with Crippen LogP contribution in [-0.2, 0) is 0 Å². The van der Waals surface area contributed by atoms with Gasteiger partial charge in [0.15, 0.2) is 5.78 Å². The van der Waals surface area contributed by atoms with Crippen molar-refractivity contribution in [3.63, 3.8) is 0 Å². The Morgan fingerprint density at radius 3 is 2.73 bits per heavy atom. The van der Waals surface area contributed by atoms with Crippen molar-refractivity contribution < 1.29 is 4.79 Å². The van der Waals surface area contributed by atoms with Crippen LogP contribution in [0.25, 0.3) is 0 Å². The Balaban J connectivity index is 2.66. The third kappa shape index (κ3) is 3.67. The smallest absolute Gasteiger partial charge is 0.180 e. The molecule has 0 aliphatic heterocycles. The number of anilines is 1. The van der Waals surface area contributed by atoms with Gasteiger partial charge in [0.05, 0.1) is 12.1 Å². The Hall–Kier alpha value is -1.42. The number of rotatable bonds is 3. The fraction of sp³-hybridized carbons (Fsp3) is 0.455. The molecule has 1 aromatic rings. The van der Waals surface area contributed by atoms with E-state index in [1.54, 1.807) is 18.3 Å². The number of Topliss-reactive ketones (excluding diaryl/α,β-unsaturated/α-hetero) is 1. The van der Waals surface area contributed by atoms with Crippen LogP contribution in [0, 0.1) is 0 Å². The van der Waals surface area contributed by atoms with Gasteiger partial charge >= 0.3 is 0 Å². The van der Waals surface area contributed by atoms with Crippen molar-refractivity contribution in [2.45, 2.75) is 26.3 Å². The Bertz CT molecular complexity index is 355. The molecule has 1 heterocycles. The second-order valence-electron chi connectivity index (χ2n) is 4.46. The van der Waals surface area contributed by atoms with Gasteiger partial charge in [-0.05, 0) is 32.9 Å². The number of nitrogens with two attached hydrogens (primary N) is 1. The minimum Gasteiger partial charge on any atom is -0.383 e. The van der Waals surface area contributed by atoms with Crippen molar-refractivity contribution in [1.29, 1.82) is 0 Å². The molecule has 0 saturated heterocycles.